The molecule has 146 valence electrons. The smallest absolute Gasteiger partial charge is 0.295 e. The number of rotatable bonds is 8. The van der Waals surface area contributed by atoms with Gasteiger partial charge in [0.1, 0.15) is 12.4 Å². The molecule has 5 nitrogen and oxygen atoms in total. The van der Waals surface area contributed by atoms with Crippen LogP contribution in [0.1, 0.15) is 24.2 Å². The van der Waals surface area contributed by atoms with Crippen molar-refractivity contribution < 1.29 is 14.3 Å². The van der Waals surface area contributed by atoms with Gasteiger partial charge in [-0.1, -0.05) is 41.9 Å². The van der Waals surface area contributed by atoms with Gasteiger partial charge < -0.3 is 14.2 Å². The van der Waals surface area contributed by atoms with Crippen molar-refractivity contribution in [3.63, 3.8) is 0 Å². The number of amides is 1. The number of likely N-dealkylation sites (N-methyl/N-ethyl adjacent to an activating group) is 1. The van der Waals surface area contributed by atoms with Crippen LogP contribution < -0.4 is 4.74 Å². The Hall–Kier alpha value is -2.79. The van der Waals surface area contributed by atoms with Gasteiger partial charge in [0, 0.05) is 30.2 Å². The molecule has 0 spiro atoms. The number of hydrogen-bond acceptors (Lipinski definition) is 3. The van der Waals surface area contributed by atoms with Crippen molar-refractivity contribution in [1.29, 1.82) is 0 Å². The molecule has 1 heterocycles. The van der Waals surface area contributed by atoms with E-state index in [-0.39, 0.29) is 0 Å². The fraction of sp³-hybridized carbons (Fsp3) is 0.273. The van der Waals surface area contributed by atoms with Crippen LogP contribution >= 0.6 is 11.6 Å². The van der Waals surface area contributed by atoms with Gasteiger partial charge in [0.15, 0.2) is 0 Å². The fourth-order valence-electron chi connectivity index (χ4n) is 3.20. The summed E-state index contributed by atoms with van der Waals surface area (Å²) in [5, 5.41) is 1.33. The van der Waals surface area contributed by atoms with E-state index < -0.39 is 11.7 Å². The van der Waals surface area contributed by atoms with Gasteiger partial charge in [-0.25, -0.2) is 0 Å². The van der Waals surface area contributed by atoms with E-state index in [1.165, 1.54) is 4.90 Å². The van der Waals surface area contributed by atoms with Crippen LogP contribution in [0.2, 0.25) is 5.02 Å². The van der Waals surface area contributed by atoms with Gasteiger partial charge in [0.05, 0.1) is 17.1 Å². The summed E-state index contributed by atoms with van der Waals surface area (Å²) in [4.78, 5) is 26.9. The van der Waals surface area contributed by atoms with E-state index in [0.717, 1.165) is 10.9 Å². The second-order valence-electron chi connectivity index (χ2n) is 6.34. The summed E-state index contributed by atoms with van der Waals surface area (Å²) in [6.45, 7) is 5.66. The maximum absolute atomic E-state index is 12.8. The van der Waals surface area contributed by atoms with Crippen LogP contribution in [-0.4, -0.2) is 40.9 Å². The van der Waals surface area contributed by atoms with Crippen LogP contribution in [0.25, 0.3) is 10.9 Å². The molecule has 0 radical (unpaired) electrons. The van der Waals surface area contributed by atoms with Gasteiger partial charge in [-0.05, 0) is 32.0 Å². The van der Waals surface area contributed by atoms with Crippen molar-refractivity contribution in [1.82, 2.24) is 9.47 Å². The summed E-state index contributed by atoms with van der Waals surface area (Å²) in [6.07, 6.45) is 1.74. The molecule has 0 unspecified atom stereocenters. The number of nitrogens with zero attached hydrogens (tertiary/aromatic N) is 2. The Kier molecular flexibility index (Phi) is 6.37. The fourth-order valence-corrected chi connectivity index (χ4v) is 3.39. The number of ether oxygens (including phenoxy) is 1. The summed E-state index contributed by atoms with van der Waals surface area (Å²) in [5.74, 6) is -0.334. The Labute approximate surface area is 169 Å². The minimum absolute atomic E-state index is 0.389. The standard InChI is InChI=1S/C22H23ClN2O3/c1-3-24(4-2)22(27)21(26)17-15-25(19-11-7-5-9-16(17)19)13-14-28-20-12-8-6-10-18(20)23/h5-12,15H,3-4,13-14H2,1-2H3. The number of halogens is 1. The zero-order valence-electron chi connectivity index (χ0n) is 16.0. The number of hydrogen-bond donors (Lipinski definition) is 0. The van der Waals surface area contributed by atoms with Gasteiger partial charge in [0.2, 0.25) is 0 Å². The zero-order chi connectivity index (χ0) is 20.1. The first kappa shape index (κ1) is 20.0. The molecule has 3 aromatic rings. The first-order valence-corrected chi connectivity index (χ1v) is 9.73. The minimum Gasteiger partial charge on any atom is -0.490 e. The highest BCUT2D eigenvalue weighted by atomic mass is 35.5. The van der Waals surface area contributed by atoms with Gasteiger partial charge in [-0.2, -0.15) is 0 Å². The van der Waals surface area contributed by atoms with Crippen molar-refractivity contribution in [3.05, 3.63) is 65.3 Å². The lowest BCUT2D eigenvalue weighted by atomic mass is 10.1. The molecule has 0 saturated heterocycles. The molecule has 0 atom stereocenters. The molecular formula is C22H23ClN2O3. The molecule has 28 heavy (non-hydrogen) atoms. The predicted octanol–water partition coefficient (Wildman–Crippen LogP) is 4.42. The Balaban J connectivity index is 1.83. The van der Waals surface area contributed by atoms with E-state index in [4.69, 9.17) is 16.3 Å². The predicted molar refractivity (Wildman–Crippen MR) is 111 cm³/mol. The molecule has 0 N–H and O–H groups in total. The van der Waals surface area contributed by atoms with Crippen LogP contribution in [-0.2, 0) is 11.3 Å². The maximum atomic E-state index is 12.8. The average Bonchev–Trinajstić information content (AvgIpc) is 3.08. The van der Waals surface area contributed by atoms with Crippen LogP contribution in [0.15, 0.2) is 54.7 Å². The normalized spacial score (nSPS) is 10.8. The van der Waals surface area contributed by atoms with Crippen molar-refractivity contribution in [2.45, 2.75) is 20.4 Å². The molecule has 1 aromatic heterocycles. The third kappa shape index (κ3) is 4.04. The number of para-hydroxylation sites is 2. The Bertz CT molecular complexity index is 992. The van der Waals surface area contributed by atoms with Crippen molar-refractivity contribution in [2.75, 3.05) is 19.7 Å². The highest BCUT2D eigenvalue weighted by molar-refractivity contribution is 6.44. The van der Waals surface area contributed by atoms with Crippen LogP contribution in [0, 0.1) is 0 Å². The monoisotopic (exact) mass is 398 g/mol. The summed E-state index contributed by atoms with van der Waals surface area (Å²) in [7, 11) is 0. The number of aromatic nitrogens is 1. The lowest BCUT2D eigenvalue weighted by Gasteiger charge is -2.17. The third-order valence-electron chi connectivity index (χ3n) is 4.70. The second kappa shape index (κ2) is 8.93. The third-order valence-corrected chi connectivity index (χ3v) is 5.02. The number of ketones is 1. The van der Waals surface area contributed by atoms with Crippen molar-refractivity contribution >= 4 is 34.2 Å². The van der Waals surface area contributed by atoms with E-state index in [1.54, 1.807) is 12.3 Å². The number of Topliss-reactive ketones (excluding diaryl/α,β-unsaturated/α-hetero) is 1. The van der Waals surface area contributed by atoms with Gasteiger partial charge >= 0.3 is 0 Å². The van der Waals surface area contributed by atoms with Crippen molar-refractivity contribution in [2.24, 2.45) is 0 Å². The SMILES string of the molecule is CCN(CC)C(=O)C(=O)c1cn(CCOc2ccccc2Cl)c2ccccc12. The largest absolute Gasteiger partial charge is 0.490 e. The molecule has 1 amide bonds. The second-order valence-corrected chi connectivity index (χ2v) is 6.75. The summed E-state index contributed by atoms with van der Waals surface area (Å²) in [6, 6.07) is 14.9. The molecule has 6 heteroatoms. The van der Waals surface area contributed by atoms with E-state index in [9.17, 15) is 9.59 Å². The number of benzene rings is 2. The Morgan fingerprint density at radius 3 is 2.43 bits per heavy atom. The Morgan fingerprint density at radius 2 is 1.71 bits per heavy atom. The minimum atomic E-state index is -0.481. The summed E-state index contributed by atoms with van der Waals surface area (Å²) < 4.78 is 7.71. The van der Waals surface area contributed by atoms with Crippen LogP contribution in [0.4, 0.5) is 0 Å². The molecule has 2 aromatic carbocycles. The topological polar surface area (TPSA) is 51.5 Å². The quantitative estimate of drug-likeness (QED) is 0.416. The van der Waals surface area contributed by atoms with Crippen molar-refractivity contribution in [3.8, 4) is 5.75 Å². The molecule has 0 aliphatic heterocycles. The van der Waals surface area contributed by atoms with Gasteiger partial charge in [-0.3, -0.25) is 9.59 Å². The van der Waals surface area contributed by atoms with E-state index in [0.29, 0.717) is 42.6 Å². The molecule has 0 fully saturated rings. The Morgan fingerprint density at radius 1 is 1.04 bits per heavy atom. The summed E-state index contributed by atoms with van der Waals surface area (Å²) >= 11 is 6.12. The summed E-state index contributed by atoms with van der Waals surface area (Å²) in [5.41, 5.74) is 1.31. The lowest BCUT2D eigenvalue weighted by molar-refractivity contribution is -0.126. The number of carbonyl (C=O) groups excluding carboxylic acids is 2. The van der Waals surface area contributed by atoms with E-state index >= 15 is 0 Å². The van der Waals surface area contributed by atoms with E-state index in [1.807, 2.05) is 60.9 Å². The highest BCUT2D eigenvalue weighted by Gasteiger charge is 2.24. The van der Waals surface area contributed by atoms with Crippen LogP contribution in [0.5, 0.6) is 5.75 Å². The maximum Gasteiger partial charge on any atom is 0.295 e. The average molecular weight is 399 g/mol. The highest BCUT2D eigenvalue weighted by Crippen LogP contribution is 2.25. The molecule has 0 bridgehead atoms. The molecule has 0 aliphatic carbocycles. The zero-order valence-corrected chi connectivity index (χ0v) is 16.8. The van der Waals surface area contributed by atoms with E-state index in [2.05, 4.69) is 0 Å². The lowest BCUT2D eigenvalue weighted by Crippen LogP contribution is -2.36. The van der Waals surface area contributed by atoms with Gasteiger partial charge in [0.25, 0.3) is 11.7 Å². The molecule has 0 aliphatic rings. The van der Waals surface area contributed by atoms with Gasteiger partial charge in [-0.15, -0.1) is 0 Å². The molecule has 0 saturated carbocycles. The molecule has 3 rings (SSSR count). The molecular weight excluding hydrogens is 376 g/mol. The van der Waals surface area contributed by atoms with Crippen LogP contribution in [0.3, 0.4) is 0 Å². The number of fused-ring (bicyclic) bond motifs is 1. The number of carbonyl (C=O) groups is 2. The first-order chi connectivity index (χ1) is 13.6. The first-order valence-electron chi connectivity index (χ1n) is 9.35.